The molecule has 0 aliphatic rings. The molecule has 104 valence electrons. The van der Waals surface area contributed by atoms with Crippen molar-refractivity contribution in [3.8, 4) is 11.5 Å². The lowest BCUT2D eigenvalue weighted by Gasteiger charge is -2.12. The Morgan fingerprint density at radius 1 is 1.25 bits per heavy atom. The summed E-state index contributed by atoms with van der Waals surface area (Å²) >= 11 is 3.25. The molecule has 0 fully saturated rings. The number of halogens is 2. The number of nitrogens with zero attached hydrogens (tertiary/aromatic N) is 1. The Balaban J connectivity index is 2.46. The number of aryl methyl sites for hydroxylation is 1. The number of ether oxygens (including phenoxy) is 1. The third-order valence-electron chi connectivity index (χ3n) is 2.63. The lowest BCUT2D eigenvalue weighted by molar-refractivity contribution is 0.318. The molecule has 0 unspecified atom stereocenters. The third-order valence-corrected chi connectivity index (χ3v) is 3.13. The molecule has 2 aromatic rings. The van der Waals surface area contributed by atoms with Crippen LogP contribution >= 0.6 is 15.9 Å². The molecule has 3 N–H and O–H groups in total. The molecule has 4 nitrogen and oxygen atoms in total. The molecule has 0 aromatic heterocycles. The molecule has 0 aliphatic heterocycles. The van der Waals surface area contributed by atoms with Crippen molar-refractivity contribution in [1.29, 1.82) is 0 Å². The van der Waals surface area contributed by atoms with Gasteiger partial charge in [0.1, 0.15) is 5.75 Å². The highest BCUT2D eigenvalue weighted by Crippen LogP contribution is 2.30. The van der Waals surface area contributed by atoms with Crippen molar-refractivity contribution in [1.82, 2.24) is 0 Å². The van der Waals surface area contributed by atoms with Gasteiger partial charge in [0.05, 0.1) is 5.56 Å². The van der Waals surface area contributed by atoms with E-state index in [-0.39, 0.29) is 11.6 Å². The van der Waals surface area contributed by atoms with Gasteiger partial charge in [-0.05, 0) is 37.3 Å². The van der Waals surface area contributed by atoms with Crippen LogP contribution in [-0.4, -0.2) is 11.0 Å². The van der Waals surface area contributed by atoms with Gasteiger partial charge < -0.3 is 15.7 Å². The van der Waals surface area contributed by atoms with Gasteiger partial charge in [-0.15, -0.1) is 0 Å². The minimum absolute atomic E-state index is 0.0511. The second-order valence-corrected chi connectivity index (χ2v) is 5.08. The molecule has 2 aromatic carbocycles. The predicted molar refractivity (Wildman–Crippen MR) is 77.9 cm³/mol. The van der Waals surface area contributed by atoms with Crippen molar-refractivity contribution >= 4 is 21.8 Å². The van der Waals surface area contributed by atoms with Crippen molar-refractivity contribution in [3.63, 3.8) is 0 Å². The van der Waals surface area contributed by atoms with Crippen LogP contribution in [0.3, 0.4) is 0 Å². The first-order valence-electron chi connectivity index (χ1n) is 5.72. The van der Waals surface area contributed by atoms with E-state index >= 15 is 0 Å². The average Bonchev–Trinajstić information content (AvgIpc) is 2.43. The van der Waals surface area contributed by atoms with Gasteiger partial charge in [0.2, 0.25) is 0 Å². The number of oxime groups is 1. The zero-order valence-corrected chi connectivity index (χ0v) is 12.2. The Bertz CT molecular complexity index is 674. The molecular weight excluding hydrogens is 327 g/mol. The summed E-state index contributed by atoms with van der Waals surface area (Å²) in [5.74, 6) is -0.239. The zero-order valence-electron chi connectivity index (χ0n) is 10.6. The maximum Gasteiger partial charge on any atom is 0.173 e. The minimum atomic E-state index is -0.501. The molecule has 0 bridgehead atoms. The monoisotopic (exact) mass is 338 g/mol. The van der Waals surface area contributed by atoms with Crippen molar-refractivity contribution in [3.05, 3.63) is 57.8 Å². The van der Waals surface area contributed by atoms with Crippen molar-refractivity contribution in [2.24, 2.45) is 10.9 Å². The van der Waals surface area contributed by atoms with Crippen LogP contribution in [0.15, 0.2) is 46.0 Å². The second kappa shape index (κ2) is 5.92. The average molecular weight is 339 g/mol. The lowest BCUT2D eigenvalue weighted by atomic mass is 10.1. The number of hydrogen-bond acceptors (Lipinski definition) is 3. The number of nitrogens with two attached hydrogens (primary N) is 1. The zero-order chi connectivity index (χ0) is 14.7. The van der Waals surface area contributed by atoms with Gasteiger partial charge in [0.25, 0.3) is 0 Å². The standard InChI is InChI=1S/C14H12BrFN2O2/c1-8-2-5-12(10(6-8)14(17)18-19)20-13-7-9(15)3-4-11(13)16/h2-7,19H,1H3,(H2,17,18). The van der Waals surface area contributed by atoms with Crippen LogP contribution in [0.4, 0.5) is 4.39 Å². The smallest absolute Gasteiger partial charge is 0.173 e. The number of rotatable bonds is 3. The van der Waals surface area contributed by atoms with Crippen LogP contribution in [0, 0.1) is 12.7 Å². The molecule has 0 heterocycles. The molecule has 0 atom stereocenters. The molecular formula is C14H12BrFN2O2. The summed E-state index contributed by atoms with van der Waals surface area (Å²) < 4.78 is 19.9. The fourth-order valence-corrected chi connectivity index (χ4v) is 2.00. The number of benzene rings is 2. The first kappa shape index (κ1) is 14.3. The van der Waals surface area contributed by atoms with Gasteiger partial charge in [0, 0.05) is 4.47 Å². The van der Waals surface area contributed by atoms with Crippen LogP contribution in [0.1, 0.15) is 11.1 Å². The van der Waals surface area contributed by atoms with E-state index in [1.54, 1.807) is 24.3 Å². The molecule has 20 heavy (non-hydrogen) atoms. The fraction of sp³-hybridized carbons (Fsp3) is 0.0714. The molecule has 6 heteroatoms. The highest BCUT2D eigenvalue weighted by atomic mass is 79.9. The maximum absolute atomic E-state index is 13.7. The van der Waals surface area contributed by atoms with E-state index in [0.29, 0.717) is 15.8 Å². The summed E-state index contributed by atoms with van der Waals surface area (Å²) in [6, 6.07) is 9.49. The maximum atomic E-state index is 13.7. The summed E-state index contributed by atoms with van der Waals surface area (Å²) in [5.41, 5.74) is 6.91. The Hall–Kier alpha value is -2.08. The SMILES string of the molecule is Cc1ccc(Oc2cc(Br)ccc2F)c(/C(N)=N/O)c1. The van der Waals surface area contributed by atoms with Crippen LogP contribution in [0.5, 0.6) is 11.5 Å². The van der Waals surface area contributed by atoms with Crippen LogP contribution in [-0.2, 0) is 0 Å². The number of amidine groups is 1. The van der Waals surface area contributed by atoms with Gasteiger partial charge in [-0.1, -0.05) is 32.7 Å². The molecule has 0 spiro atoms. The molecule has 0 saturated heterocycles. The topological polar surface area (TPSA) is 67.8 Å². The van der Waals surface area contributed by atoms with Gasteiger partial charge >= 0.3 is 0 Å². The summed E-state index contributed by atoms with van der Waals surface area (Å²) in [5, 5.41) is 11.7. The first-order chi connectivity index (χ1) is 9.51. The van der Waals surface area contributed by atoms with E-state index in [1.807, 2.05) is 6.92 Å². The van der Waals surface area contributed by atoms with Gasteiger partial charge in [0.15, 0.2) is 17.4 Å². The van der Waals surface area contributed by atoms with Crippen LogP contribution in [0.25, 0.3) is 0 Å². The molecule has 2 rings (SSSR count). The molecule has 0 amide bonds. The van der Waals surface area contributed by atoms with E-state index in [9.17, 15) is 4.39 Å². The van der Waals surface area contributed by atoms with E-state index < -0.39 is 5.82 Å². The van der Waals surface area contributed by atoms with Crippen molar-refractivity contribution in [2.75, 3.05) is 0 Å². The highest BCUT2D eigenvalue weighted by molar-refractivity contribution is 9.10. The summed E-state index contributed by atoms with van der Waals surface area (Å²) in [4.78, 5) is 0. The van der Waals surface area contributed by atoms with Gasteiger partial charge in [-0.2, -0.15) is 0 Å². The summed E-state index contributed by atoms with van der Waals surface area (Å²) in [6.07, 6.45) is 0. The quantitative estimate of drug-likeness (QED) is 0.387. The second-order valence-electron chi connectivity index (χ2n) is 4.16. The normalized spacial score (nSPS) is 11.4. The van der Waals surface area contributed by atoms with E-state index in [4.69, 9.17) is 15.7 Å². The molecule has 0 radical (unpaired) electrons. The molecule has 0 saturated carbocycles. The third kappa shape index (κ3) is 3.08. The highest BCUT2D eigenvalue weighted by Gasteiger charge is 2.12. The Morgan fingerprint density at radius 3 is 2.70 bits per heavy atom. The van der Waals surface area contributed by atoms with Crippen LogP contribution < -0.4 is 10.5 Å². The Labute approximate surface area is 123 Å². The van der Waals surface area contributed by atoms with Crippen molar-refractivity contribution in [2.45, 2.75) is 6.92 Å². The van der Waals surface area contributed by atoms with E-state index in [1.165, 1.54) is 12.1 Å². The molecule has 0 aliphatic carbocycles. The van der Waals surface area contributed by atoms with Gasteiger partial charge in [-0.25, -0.2) is 4.39 Å². The Kier molecular flexibility index (Phi) is 4.24. The predicted octanol–water partition coefficient (Wildman–Crippen LogP) is 3.78. The Morgan fingerprint density at radius 2 is 2.00 bits per heavy atom. The first-order valence-corrected chi connectivity index (χ1v) is 6.52. The van der Waals surface area contributed by atoms with Crippen molar-refractivity contribution < 1.29 is 14.3 Å². The largest absolute Gasteiger partial charge is 0.453 e. The lowest BCUT2D eigenvalue weighted by Crippen LogP contribution is -2.14. The minimum Gasteiger partial charge on any atom is -0.453 e. The summed E-state index contributed by atoms with van der Waals surface area (Å²) in [7, 11) is 0. The fourth-order valence-electron chi connectivity index (χ4n) is 1.66. The van der Waals surface area contributed by atoms with E-state index in [0.717, 1.165) is 5.56 Å². The number of hydrogen-bond donors (Lipinski definition) is 2. The van der Waals surface area contributed by atoms with E-state index in [2.05, 4.69) is 21.1 Å². The van der Waals surface area contributed by atoms with Gasteiger partial charge in [-0.3, -0.25) is 0 Å². The summed E-state index contributed by atoms with van der Waals surface area (Å²) in [6.45, 7) is 1.86. The van der Waals surface area contributed by atoms with Crippen LogP contribution in [0.2, 0.25) is 0 Å².